The number of aromatic nitrogens is 3. The third-order valence-corrected chi connectivity index (χ3v) is 4.99. The molecule has 0 bridgehead atoms. The van der Waals surface area contributed by atoms with Crippen LogP contribution in [0.1, 0.15) is 56.6 Å². The number of carbonyl (C=O) groups is 2. The Morgan fingerprint density at radius 3 is 2.84 bits per heavy atom. The number of pyridine rings is 1. The lowest BCUT2D eigenvalue weighted by Gasteiger charge is -2.29. The Hall–Kier alpha value is -2.94. The molecule has 4 N–H and O–H groups in total. The van der Waals surface area contributed by atoms with Gasteiger partial charge in [-0.15, -0.1) is 0 Å². The number of nitrogens with zero attached hydrogens (tertiary/aromatic N) is 2. The standard InChI is InChI=1S/C22H32N6O3/c1-22(2,3)31-21(30)26-11-10-25-20(29)18(12-16-13-23-14-27-16)28-17-8-4-6-15-7-5-9-24-19(15)17/h5,7,9,13-14,17-18,28H,4,6,8,10-12H2,1-3H3,(H,23,27)(H,25,29)(H,26,30). The van der Waals surface area contributed by atoms with Crippen molar-refractivity contribution in [2.24, 2.45) is 0 Å². The second kappa shape index (κ2) is 10.4. The van der Waals surface area contributed by atoms with Gasteiger partial charge in [0.2, 0.25) is 5.91 Å². The number of fused-ring (bicyclic) bond motifs is 1. The molecular formula is C22H32N6O3. The number of nitrogens with one attached hydrogen (secondary N) is 4. The highest BCUT2D eigenvalue weighted by Gasteiger charge is 2.27. The van der Waals surface area contributed by atoms with Gasteiger partial charge >= 0.3 is 6.09 Å². The van der Waals surface area contributed by atoms with Crippen LogP contribution in [-0.4, -0.2) is 51.7 Å². The van der Waals surface area contributed by atoms with Crippen LogP contribution in [0.4, 0.5) is 4.79 Å². The Morgan fingerprint density at radius 2 is 2.10 bits per heavy atom. The largest absolute Gasteiger partial charge is 0.444 e. The molecule has 0 saturated carbocycles. The van der Waals surface area contributed by atoms with Crippen molar-refractivity contribution in [1.82, 2.24) is 30.9 Å². The van der Waals surface area contributed by atoms with Crippen LogP contribution in [0.2, 0.25) is 0 Å². The molecule has 0 saturated heterocycles. The second-order valence-corrected chi connectivity index (χ2v) is 8.71. The fourth-order valence-electron chi connectivity index (χ4n) is 3.65. The van der Waals surface area contributed by atoms with Gasteiger partial charge in [-0.1, -0.05) is 6.07 Å². The van der Waals surface area contributed by atoms with Crippen molar-refractivity contribution < 1.29 is 14.3 Å². The van der Waals surface area contributed by atoms with Crippen molar-refractivity contribution in [2.75, 3.05) is 13.1 Å². The van der Waals surface area contributed by atoms with Crippen LogP contribution in [0.25, 0.3) is 0 Å². The molecule has 1 aliphatic rings. The Morgan fingerprint density at radius 1 is 1.29 bits per heavy atom. The number of H-pyrrole nitrogens is 1. The third-order valence-electron chi connectivity index (χ3n) is 4.99. The molecule has 2 aromatic heterocycles. The van der Waals surface area contributed by atoms with Crippen LogP contribution >= 0.6 is 0 Å². The number of carbonyl (C=O) groups excluding carboxylic acids is 2. The molecule has 168 valence electrons. The van der Waals surface area contributed by atoms with Crippen LogP contribution in [-0.2, 0) is 22.4 Å². The molecule has 2 atom stereocenters. The molecule has 2 heterocycles. The number of aromatic amines is 1. The zero-order chi connectivity index (χ0) is 22.3. The number of hydrogen-bond donors (Lipinski definition) is 4. The molecule has 0 aromatic carbocycles. The zero-order valence-electron chi connectivity index (χ0n) is 18.4. The Kier molecular flexibility index (Phi) is 7.62. The first-order valence-corrected chi connectivity index (χ1v) is 10.7. The predicted molar refractivity (Wildman–Crippen MR) is 116 cm³/mol. The molecule has 9 nitrogen and oxygen atoms in total. The van der Waals surface area contributed by atoms with Gasteiger partial charge < -0.3 is 20.4 Å². The fourth-order valence-corrected chi connectivity index (χ4v) is 3.65. The van der Waals surface area contributed by atoms with E-state index in [1.165, 1.54) is 5.56 Å². The van der Waals surface area contributed by atoms with Crippen molar-refractivity contribution in [3.8, 4) is 0 Å². The SMILES string of the molecule is CC(C)(C)OC(=O)NCCNC(=O)C(Cc1cnc[nH]1)NC1CCCc2cccnc21. The van der Waals surface area contributed by atoms with Crippen LogP contribution < -0.4 is 16.0 Å². The van der Waals surface area contributed by atoms with Gasteiger partial charge in [0.25, 0.3) is 0 Å². The van der Waals surface area contributed by atoms with E-state index in [0.29, 0.717) is 13.0 Å². The molecule has 0 fully saturated rings. The van der Waals surface area contributed by atoms with E-state index in [4.69, 9.17) is 4.74 Å². The molecule has 0 radical (unpaired) electrons. The van der Waals surface area contributed by atoms with E-state index in [-0.39, 0.29) is 18.5 Å². The summed E-state index contributed by atoms with van der Waals surface area (Å²) in [4.78, 5) is 36.4. The summed E-state index contributed by atoms with van der Waals surface area (Å²) < 4.78 is 5.20. The first-order valence-electron chi connectivity index (χ1n) is 10.7. The van der Waals surface area contributed by atoms with Crippen LogP contribution in [0.15, 0.2) is 30.9 Å². The van der Waals surface area contributed by atoms with E-state index in [0.717, 1.165) is 30.7 Å². The van der Waals surface area contributed by atoms with Gasteiger partial charge in [-0.25, -0.2) is 9.78 Å². The predicted octanol–water partition coefficient (Wildman–Crippen LogP) is 2.02. The van der Waals surface area contributed by atoms with Gasteiger partial charge in [-0.2, -0.15) is 0 Å². The van der Waals surface area contributed by atoms with E-state index in [1.54, 1.807) is 39.5 Å². The lowest BCUT2D eigenvalue weighted by molar-refractivity contribution is -0.123. The quantitative estimate of drug-likeness (QED) is 0.478. The smallest absolute Gasteiger partial charge is 0.407 e. The van der Waals surface area contributed by atoms with Crippen molar-refractivity contribution in [1.29, 1.82) is 0 Å². The maximum Gasteiger partial charge on any atom is 0.407 e. The summed E-state index contributed by atoms with van der Waals surface area (Å²) in [6.07, 6.45) is 8.08. The molecule has 0 aliphatic heterocycles. The monoisotopic (exact) mass is 428 g/mol. The number of ether oxygens (including phenoxy) is 1. The lowest BCUT2D eigenvalue weighted by Crippen LogP contribution is -2.49. The molecule has 0 spiro atoms. The minimum Gasteiger partial charge on any atom is -0.444 e. The summed E-state index contributed by atoms with van der Waals surface area (Å²) in [6, 6.07) is 3.61. The number of amides is 2. The van der Waals surface area contributed by atoms with E-state index >= 15 is 0 Å². The van der Waals surface area contributed by atoms with Gasteiger partial charge in [0.1, 0.15) is 5.60 Å². The van der Waals surface area contributed by atoms with Crippen LogP contribution in [0, 0.1) is 0 Å². The average molecular weight is 429 g/mol. The van der Waals surface area contributed by atoms with E-state index < -0.39 is 17.7 Å². The summed E-state index contributed by atoms with van der Waals surface area (Å²) >= 11 is 0. The average Bonchev–Trinajstić information content (AvgIpc) is 3.23. The molecule has 3 rings (SSSR count). The minimum absolute atomic E-state index is 0.0171. The minimum atomic E-state index is -0.559. The lowest BCUT2D eigenvalue weighted by atomic mass is 9.91. The number of hydrogen-bond acceptors (Lipinski definition) is 6. The molecule has 2 aromatic rings. The fraction of sp³-hybridized carbons (Fsp3) is 0.545. The summed E-state index contributed by atoms with van der Waals surface area (Å²) in [7, 11) is 0. The Balaban J connectivity index is 1.57. The highest BCUT2D eigenvalue weighted by molar-refractivity contribution is 5.82. The van der Waals surface area contributed by atoms with Crippen LogP contribution in [0.3, 0.4) is 0 Å². The highest BCUT2D eigenvalue weighted by Crippen LogP contribution is 2.28. The van der Waals surface area contributed by atoms with Gasteiger partial charge in [0.15, 0.2) is 0 Å². The summed E-state index contributed by atoms with van der Waals surface area (Å²) in [5.41, 5.74) is 2.56. The summed E-state index contributed by atoms with van der Waals surface area (Å²) in [5, 5.41) is 9.05. The number of imidazole rings is 1. The van der Waals surface area contributed by atoms with Gasteiger partial charge in [-0.3, -0.25) is 15.1 Å². The molecule has 1 aliphatic carbocycles. The third kappa shape index (κ3) is 7.06. The first kappa shape index (κ1) is 22.7. The summed E-state index contributed by atoms with van der Waals surface area (Å²) in [6.45, 7) is 6.00. The van der Waals surface area contributed by atoms with Crippen molar-refractivity contribution in [3.05, 3.63) is 47.8 Å². The number of aryl methyl sites for hydroxylation is 1. The van der Waals surface area contributed by atoms with Gasteiger partial charge in [0, 0.05) is 37.6 Å². The van der Waals surface area contributed by atoms with E-state index in [1.807, 2.05) is 6.07 Å². The second-order valence-electron chi connectivity index (χ2n) is 8.71. The van der Waals surface area contributed by atoms with Gasteiger partial charge in [0.05, 0.1) is 24.1 Å². The normalized spacial score (nSPS) is 16.8. The topological polar surface area (TPSA) is 121 Å². The molecule has 9 heteroatoms. The maximum absolute atomic E-state index is 13.0. The molecule has 2 unspecified atom stereocenters. The maximum atomic E-state index is 13.0. The summed E-state index contributed by atoms with van der Waals surface area (Å²) in [5.74, 6) is -0.136. The Labute approximate surface area is 182 Å². The number of alkyl carbamates (subject to hydrolysis) is 1. The Bertz CT molecular complexity index is 862. The van der Waals surface area contributed by atoms with Gasteiger partial charge in [-0.05, 0) is 51.7 Å². The van der Waals surface area contributed by atoms with Crippen molar-refractivity contribution in [2.45, 2.75) is 64.1 Å². The first-order chi connectivity index (χ1) is 14.8. The zero-order valence-corrected chi connectivity index (χ0v) is 18.4. The van der Waals surface area contributed by atoms with E-state index in [9.17, 15) is 9.59 Å². The highest BCUT2D eigenvalue weighted by atomic mass is 16.6. The van der Waals surface area contributed by atoms with Crippen molar-refractivity contribution >= 4 is 12.0 Å². The molecule has 2 amide bonds. The van der Waals surface area contributed by atoms with Crippen LogP contribution in [0.5, 0.6) is 0 Å². The number of rotatable bonds is 8. The molecular weight excluding hydrogens is 396 g/mol. The molecule has 31 heavy (non-hydrogen) atoms. The van der Waals surface area contributed by atoms with Crippen molar-refractivity contribution in [3.63, 3.8) is 0 Å². The van der Waals surface area contributed by atoms with E-state index in [2.05, 4.69) is 37.0 Å².